The van der Waals surface area contributed by atoms with Crippen LogP contribution in [0.5, 0.6) is 0 Å². The van der Waals surface area contributed by atoms with Crippen LogP contribution in [0.3, 0.4) is 0 Å². The second kappa shape index (κ2) is 5.83. The fourth-order valence-corrected chi connectivity index (χ4v) is 2.43. The fraction of sp³-hybridized carbons (Fsp3) is 0.0714. The molecule has 0 spiro atoms. The first-order chi connectivity index (χ1) is 9.77. The van der Waals surface area contributed by atoms with Crippen LogP contribution in [0.2, 0.25) is 5.02 Å². The van der Waals surface area contributed by atoms with Crippen molar-refractivity contribution in [2.45, 2.75) is 4.90 Å². The number of hydrogen-bond acceptors (Lipinski definition) is 3. The Labute approximate surface area is 126 Å². The number of anilines is 1. The summed E-state index contributed by atoms with van der Waals surface area (Å²) in [7, 11) is -3.32. The quantitative estimate of drug-likeness (QED) is 0.942. The zero-order valence-corrected chi connectivity index (χ0v) is 12.5. The lowest BCUT2D eigenvalue weighted by molar-refractivity contribution is 0.102. The monoisotopic (exact) mass is 327 g/mol. The Hall–Kier alpha value is -1.92. The second-order valence-electron chi connectivity index (χ2n) is 4.37. The summed E-state index contributed by atoms with van der Waals surface area (Å²) in [6, 6.07) is 9.25. The molecule has 0 heterocycles. The number of carbonyl (C=O) groups excluding carboxylic acids is 1. The Morgan fingerprint density at radius 3 is 2.29 bits per heavy atom. The highest BCUT2D eigenvalue weighted by Crippen LogP contribution is 2.20. The molecule has 2 aromatic carbocycles. The molecule has 0 aliphatic heterocycles. The van der Waals surface area contributed by atoms with E-state index < -0.39 is 21.6 Å². The van der Waals surface area contributed by atoms with Gasteiger partial charge in [-0.2, -0.15) is 0 Å². The second-order valence-corrected chi connectivity index (χ2v) is 6.83. The predicted molar refractivity (Wildman–Crippen MR) is 78.9 cm³/mol. The minimum Gasteiger partial charge on any atom is -0.319 e. The van der Waals surface area contributed by atoms with Gasteiger partial charge in [0.15, 0.2) is 9.84 Å². The molecular formula is C14H11ClFNO3S. The van der Waals surface area contributed by atoms with E-state index in [0.29, 0.717) is 0 Å². The average molecular weight is 328 g/mol. The lowest BCUT2D eigenvalue weighted by Gasteiger charge is -2.07. The summed E-state index contributed by atoms with van der Waals surface area (Å²) in [6.45, 7) is 0. The Kier molecular flexibility index (Phi) is 4.29. The number of rotatable bonds is 3. The van der Waals surface area contributed by atoms with Crippen molar-refractivity contribution in [2.75, 3.05) is 11.6 Å². The highest BCUT2D eigenvalue weighted by atomic mass is 35.5. The van der Waals surface area contributed by atoms with E-state index >= 15 is 0 Å². The number of nitrogens with one attached hydrogen (secondary N) is 1. The molecule has 0 atom stereocenters. The van der Waals surface area contributed by atoms with Gasteiger partial charge in [-0.05, 0) is 42.5 Å². The van der Waals surface area contributed by atoms with Gasteiger partial charge in [-0.1, -0.05) is 11.6 Å². The van der Waals surface area contributed by atoms with Crippen molar-refractivity contribution in [3.8, 4) is 0 Å². The molecule has 1 N–H and O–H groups in total. The maximum atomic E-state index is 13.6. The van der Waals surface area contributed by atoms with Gasteiger partial charge in [-0.3, -0.25) is 4.79 Å². The molecule has 21 heavy (non-hydrogen) atoms. The van der Waals surface area contributed by atoms with E-state index in [1.165, 1.54) is 36.4 Å². The molecule has 0 aliphatic carbocycles. The van der Waals surface area contributed by atoms with E-state index in [1.54, 1.807) is 0 Å². The summed E-state index contributed by atoms with van der Waals surface area (Å²) in [5.41, 5.74) is 0.216. The van der Waals surface area contributed by atoms with Crippen LogP contribution in [0.15, 0.2) is 47.4 Å². The molecular weight excluding hydrogens is 317 g/mol. The lowest BCUT2D eigenvalue weighted by Crippen LogP contribution is -2.13. The van der Waals surface area contributed by atoms with Crippen molar-refractivity contribution < 1.29 is 17.6 Å². The molecule has 7 heteroatoms. The van der Waals surface area contributed by atoms with Gasteiger partial charge in [0.25, 0.3) is 5.91 Å². The van der Waals surface area contributed by atoms with Crippen molar-refractivity contribution in [3.05, 3.63) is 58.9 Å². The van der Waals surface area contributed by atoms with Gasteiger partial charge in [0.1, 0.15) is 5.82 Å². The summed E-state index contributed by atoms with van der Waals surface area (Å²) in [6.07, 6.45) is 1.07. The summed E-state index contributed by atoms with van der Waals surface area (Å²) >= 11 is 5.62. The molecule has 0 unspecified atom stereocenters. The van der Waals surface area contributed by atoms with Crippen LogP contribution in [-0.4, -0.2) is 20.6 Å². The standard InChI is InChI=1S/C14H11ClFNO3S/c1-21(19,20)11-5-2-9(3-6-11)14(18)17-13-7-4-10(15)8-12(13)16/h2-8H,1H3,(H,17,18). The Bertz CT molecular complexity index is 788. The molecule has 2 rings (SSSR count). The van der Waals surface area contributed by atoms with E-state index in [0.717, 1.165) is 12.3 Å². The Balaban J connectivity index is 2.21. The third-order valence-corrected chi connectivity index (χ3v) is 4.09. The summed E-state index contributed by atoms with van der Waals surface area (Å²) in [5.74, 6) is -1.19. The molecule has 0 radical (unpaired) electrons. The van der Waals surface area contributed by atoms with Crippen molar-refractivity contribution in [3.63, 3.8) is 0 Å². The zero-order valence-electron chi connectivity index (χ0n) is 10.9. The normalized spacial score (nSPS) is 11.2. The number of sulfone groups is 1. The van der Waals surface area contributed by atoms with Gasteiger partial charge in [-0.25, -0.2) is 12.8 Å². The number of hydrogen-bond donors (Lipinski definition) is 1. The van der Waals surface area contributed by atoms with Crippen molar-refractivity contribution in [1.82, 2.24) is 0 Å². The van der Waals surface area contributed by atoms with Gasteiger partial charge >= 0.3 is 0 Å². The first-order valence-electron chi connectivity index (χ1n) is 5.84. The fourth-order valence-electron chi connectivity index (χ4n) is 1.64. The molecule has 0 aliphatic rings. The predicted octanol–water partition coefficient (Wildman–Crippen LogP) is 3.13. The maximum absolute atomic E-state index is 13.6. The molecule has 4 nitrogen and oxygen atoms in total. The van der Waals surface area contributed by atoms with Gasteiger partial charge in [0.05, 0.1) is 10.6 Å². The minimum absolute atomic E-state index is 0.00316. The van der Waals surface area contributed by atoms with Crippen molar-refractivity contribution >= 4 is 33.0 Å². The molecule has 0 aromatic heterocycles. The average Bonchev–Trinajstić information content (AvgIpc) is 2.41. The third-order valence-electron chi connectivity index (χ3n) is 2.72. The topological polar surface area (TPSA) is 63.2 Å². The van der Waals surface area contributed by atoms with E-state index in [2.05, 4.69) is 5.32 Å². The highest BCUT2D eigenvalue weighted by molar-refractivity contribution is 7.90. The number of amides is 1. The van der Waals surface area contributed by atoms with Crippen molar-refractivity contribution in [2.24, 2.45) is 0 Å². The summed E-state index contributed by atoms with van der Waals surface area (Å²) in [4.78, 5) is 12.1. The molecule has 1 amide bonds. The van der Waals surface area contributed by atoms with Crippen LogP contribution in [0, 0.1) is 5.82 Å². The van der Waals surface area contributed by atoms with E-state index in [4.69, 9.17) is 11.6 Å². The van der Waals surface area contributed by atoms with Crippen molar-refractivity contribution in [1.29, 1.82) is 0 Å². The van der Waals surface area contributed by atoms with Crippen LogP contribution < -0.4 is 5.32 Å². The molecule has 0 fully saturated rings. The van der Waals surface area contributed by atoms with Gasteiger partial charge in [0, 0.05) is 16.8 Å². The molecule has 110 valence electrons. The molecule has 0 saturated carbocycles. The van der Waals surface area contributed by atoms with Crippen LogP contribution in [0.25, 0.3) is 0 Å². The largest absolute Gasteiger partial charge is 0.319 e. The van der Waals surface area contributed by atoms with Crippen LogP contribution in [-0.2, 0) is 9.84 Å². The minimum atomic E-state index is -3.32. The van der Waals surface area contributed by atoms with E-state index in [1.807, 2.05) is 0 Å². The highest BCUT2D eigenvalue weighted by Gasteiger charge is 2.12. The SMILES string of the molecule is CS(=O)(=O)c1ccc(C(=O)Nc2ccc(Cl)cc2F)cc1. The smallest absolute Gasteiger partial charge is 0.255 e. The molecule has 0 saturated heterocycles. The molecule has 0 bridgehead atoms. The number of halogens is 2. The first-order valence-corrected chi connectivity index (χ1v) is 8.11. The summed E-state index contributed by atoms with van der Waals surface area (Å²) < 4.78 is 36.2. The Morgan fingerprint density at radius 1 is 1.14 bits per heavy atom. The van der Waals surface area contributed by atoms with Gasteiger partial charge in [-0.15, -0.1) is 0 Å². The van der Waals surface area contributed by atoms with Gasteiger partial charge in [0.2, 0.25) is 0 Å². The number of benzene rings is 2. The van der Waals surface area contributed by atoms with Crippen LogP contribution >= 0.6 is 11.6 Å². The van der Waals surface area contributed by atoms with Gasteiger partial charge < -0.3 is 5.32 Å². The molecule has 2 aromatic rings. The number of carbonyl (C=O) groups is 1. The van der Waals surface area contributed by atoms with E-state index in [9.17, 15) is 17.6 Å². The van der Waals surface area contributed by atoms with E-state index in [-0.39, 0.29) is 21.2 Å². The lowest BCUT2D eigenvalue weighted by atomic mass is 10.2. The zero-order chi connectivity index (χ0) is 15.6. The summed E-state index contributed by atoms with van der Waals surface area (Å²) in [5, 5.41) is 2.61. The Morgan fingerprint density at radius 2 is 1.76 bits per heavy atom. The first kappa shape index (κ1) is 15.5. The maximum Gasteiger partial charge on any atom is 0.255 e. The van der Waals surface area contributed by atoms with Crippen LogP contribution in [0.4, 0.5) is 10.1 Å². The third kappa shape index (κ3) is 3.80. The van der Waals surface area contributed by atoms with Crippen LogP contribution in [0.1, 0.15) is 10.4 Å².